The van der Waals surface area contributed by atoms with Gasteiger partial charge in [-0.25, -0.2) is 22.0 Å². The molecule has 168 valence electrons. The minimum absolute atomic E-state index is 0.0309. The molecule has 0 unspecified atom stereocenters. The van der Waals surface area contributed by atoms with Gasteiger partial charge in [-0.3, -0.25) is 0 Å². The zero-order valence-electron chi connectivity index (χ0n) is 17.6. The monoisotopic (exact) mass is 476 g/mol. The SMILES string of the molecule is COc1ccc(-c2nc3scc(CCNS(=O)(=O)c4ccc(F)c(C)c4)n3n2)cc1OC. The number of benzene rings is 2. The molecule has 2 aromatic heterocycles. The molecule has 8 nitrogen and oxygen atoms in total. The van der Waals surface area contributed by atoms with Gasteiger partial charge >= 0.3 is 0 Å². The van der Waals surface area contributed by atoms with Gasteiger partial charge in [0.15, 0.2) is 17.3 Å². The average molecular weight is 477 g/mol. The van der Waals surface area contributed by atoms with Crippen LogP contribution in [0.2, 0.25) is 0 Å². The van der Waals surface area contributed by atoms with Crippen LogP contribution in [-0.2, 0) is 16.4 Å². The third kappa shape index (κ3) is 4.31. The normalized spacial score (nSPS) is 11.8. The molecule has 2 aromatic carbocycles. The van der Waals surface area contributed by atoms with E-state index < -0.39 is 15.8 Å². The zero-order valence-corrected chi connectivity index (χ0v) is 19.3. The van der Waals surface area contributed by atoms with Crippen LogP contribution in [0.25, 0.3) is 16.3 Å². The van der Waals surface area contributed by atoms with Crippen LogP contribution in [0.5, 0.6) is 11.5 Å². The minimum atomic E-state index is -3.74. The molecular weight excluding hydrogens is 455 g/mol. The van der Waals surface area contributed by atoms with Crippen molar-refractivity contribution in [3.8, 4) is 22.9 Å². The summed E-state index contributed by atoms with van der Waals surface area (Å²) in [6.45, 7) is 1.69. The third-order valence-electron chi connectivity index (χ3n) is 4.90. The molecule has 0 bridgehead atoms. The van der Waals surface area contributed by atoms with Crippen LogP contribution in [0.4, 0.5) is 4.39 Å². The van der Waals surface area contributed by atoms with Gasteiger partial charge < -0.3 is 9.47 Å². The van der Waals surface area contributed by atoms with E-state index in [4.69, 9.17) is 9.47 Å². The fraction of sp³-hybridized carbons (Fsp3) is 0.238. The van der Waals surface area contributed by atoms with Crippen molar-refractivity contribution in [2.75, 3.05) is 20.8 Å². The van der Waals surface area contributed by atoms with E-state index in [2.05, 4.69) is 14.8 Å². The lowest BCUT2D eigenvalue weighted by Gasteiger charge is -2.08. The Morgan fingerprint density at radius 2 is 1.91 bits per heavy atom. The van der Waals surface area contributed by atoms with Crippen molar-refractivity contribution in [2.24, 2.45) is 0 Å². The lowest BCUT2D eigenvalue weighted by Crippen LogP contribution is -2.26. The first-order chi connectivity index (χ1) is 15.3. The van der Waals surface area contributed by atoms with Crippen molar-refractivity contribution in [1.29, 1.82) is 0 Å². The topological polar surface area (TPSA) is 94.8 Å². The summed E-state index contributed by atoms with van der Waals surface area (Å²) < 4.78 is 53.3. The lowest BCUT2D eigenvalue weighted by molar-refractivity contribution is 0.355. The lowest BCUT2D eigenvalue weighted by atomic mass is 10.2. The number of hydrogen-bond acceptors (Lipinski definition) is 7. The van der Waals surface area contributed by atoms with Gasteiger partial charge in [0.1, 0.15) is 5.82 Å². The van der Waals surface area contributed by atoms with Crippen molar-refractivity contribution in [1.82, 2.24) is 19.3 Å². The molecule has 0 saturated heterocycles. The van der Waals surface area contributed by atoms with E-state index in [-0.39, 0.29) is 17.0 Å². The molecule has 0 atom stereocenters. The molecule has 0 saturated carbocycles. The Morgan fingerprint density at radius 1 is 1.12 bits per heavy atom. The summed E-state index contributed by atoms with van der Waals surface area (Å²) in [5, 5.41) is 6.46. The summed E-state index contributed by atoms with van der Waals surface area (Å²) in [6, 6.07) is 9.15. The van der Waals surface area contributed by atoms with Gasteiger partial charge in [-0.15, -0.1) is 16.4 Å². The first-order valence-electron chi connectivity index (χ1n) is 9.64. The number of fused-ring (bicyclic) bond motifs is 1. The smallest absolute Gasteiger partial charge is 0.240 e. The van der Waals surface area contributed by atoms with E-state index in [0.717, 1.165) is 17.3 Å². The number of sulfonamides is 1. The fourth-order valence-electron chi connectivity index (χ4n) is 3.18. The van der Waals surface area contributed by atoms with Crippen LogP contribution in [0.15, 0.2) is 46.7 Å². The minimum Gasteiger partial charge on any atom is -0.493 e. The Balaban J connectivity index is 1.50. The Labute approximate surface area is 188 Å². The number of aromatic nitrogens is 3. The predicted octanol–water partition coefficient (Wildman–Crippen LogP) is 3.44. The summed E-state index contributed by atoms with van der Waals surface area (Å²) in [7, 11) is -0.610. The van der Waals surface area contributed by atoms with Crippen LogP contribution >= 0.6 is 11.3 Å². The van der Waals surface area contributed by atoms with Crippen molar-refractivity contribution in [2.45, 2.75) is 18.2 Å². The Kier molecular flexibility index (Phi) is 6.13. The summed E-state index contributed by atoms with van der Waals surface area (Å²) in [5.74, 6) is 1.28. The van der Waals surface area contributed by atoms with Crippen LogP contribution in [-0.4, -0.2) is 43.8 Å². The van der Waals surface area contributed by atoms with E-state index in [1.54, 1.807) is 30.9 Å². The van der Waals surface area contributed by atoms with Gasteiger partial charge in [0, 0.05) is 23.9 Å². The number of halogens is 1. The molecule has 0 radical (unpaired) electrons. The number of thiazole rings is 1. The average Bonchev–Trinajstić information content (AvgIpc) is 3.36. The standard InChI is InChI=1S/C21H21FN4O4S2/c1-13-10-16(5-6-17(13)22)32(27,28)23-9-8-15-12-31-21-24-20(25-26(15)21)14-4-7-18(29-2)19(11-14)30-3/h4-7,10-12,23H,8-9H2,1-3H3. The summed E-state index contributed by atoms with van der Waals surface area (Å²) in [5.41, 5.74) is 1.87. The molecule has 4 rings (SSSR count). The van der Waals surface area contributed by atoms with E-state index in [9.17, 15) is 12.8 Å². The van der Waals surface area contributed by atoms with Crippen LogP contribution < -0.4 is 14.2 Å². The van der Waals surface area contributed by atoms with Crippen LogP contribution in [0, 0.1) is 12.7 Å². The maximum absolute atomic E-state index is 13.4. The molecular formula is C21H21FN4O4S2. The maximum Gasteiger partial charge on any atom is 0.240 e. The van der Waals surface area contributed by atoms with Gasteiger partial charge in [0.2, 0.25) is 15.0 Å². The number of nitrogens with zero attached hydrogens (tertiary/aromatic N) is 3. The fourth-order valence-corrected chi connectivity index (χ4v) is 5.15. The molecule has 0 aliphatic heterocycles. The first-order valence-corrected chi connectivity index (χ1v) is 12.0. The van der Waals surface area contributed by atoms with E-state index in [0.29, 0.717) is 28.7 Å². The van der Waals surface area contributed by atoms with Gasteiger partial charge in [0.05, 0.1) is 24.8 Å². The molecule has 0 spiro atoms. The molecule has 1 N–H and O–H groups in total. The van der Waals surface area contributed by atoms with E-state index in [1.165, 1.54) is 30.4 Å². The highest BCUT2D eigenvalue weighted by atomic mass is 32.2. The summed E-state index contributed by atoms with van der Waals surface area (Å²) >= 11 is 1.42. The number of aryl methyl sites for hydroxylation is 1. The zero-order chi connectivity index (χ0) is 22.9. The van der Waals surface area contributed by atoms with Gasteiger partial charge in [0.25, 0.3) is 0 Å². The highest BCUT2D eigenvalue weighted by Gasteiger charge is 2.17. The predicted molar refractivity (Wildman–Crippen MR) is 119 cm³/mol. The highest BCUT2D eigenvalue weighted by molar-refractivity contribution is 7.89. The highest BCUT2D eigenvalue weighted by Crippen LogP contribution is 2.31. The van der Waals surface area contributed by atoms with E-state index in [1.807, 2.05) is 11.4 Å². The van der Waals surface area contributed by atoms with Gasteiger partial charge in [-0.2, -0.15) is 4.98 Å². The second-order valence-electron chi connectivity index (χ2n) is 6.99. The van der Waals surface area contributed by atoms with Gasteiger partial charge in [-0.1, -0.05) is 0 Å². The van der Waals surface area contributed by atoms with Crippen molar-refractivity contribution >= 4 is 26.3 Å². The Bertz CT molecular complexity index is 1380. The summed E-state index contributed by atoms with van der Waals surface area (Å²) in [6.07, 6.45) is 0.411. The van der Waals surface area contributed by atoms with E-state index >= 15 is 0 Å². The van der Waals surface area contributed by atoms with Crippen LogP contribution in [0.1, 0.15) is 11.3 Å². The third-order valence-corrected chi connectivity index (χ3v) is 7.23. The molecule has 0 aliphatic rings. The van der Waals surface area contributed by atoms with Crippen molar-refractivity contribution in [3.05, 3.63) is 58.9 Å². The molecule has 4 aromatic rings. The van der Waals surface area contributed by atoms with Crippen LogP contribution in [0.3, 0.4) is 0 Å². The summed E-state index contributed by atoms with van der Waals surface area (Å²) in [4.78, 5) is 5.28. The largest absolute Gasteiger partial charge is 0.493 e. The molecule has 0 amide bonds. The molecule has 32 heavy (non-hydrogen) atoms. The Hall–Kier alpha value is -3.02. The number of nitrogens with one attached hydrogen (secondary N) is 1. The number of ether oxygens (including phenoxy) is 2. The maximum atomic E-state index is 13.4. The Morgan fingerprint density at radius 3 is 2.62 bits per heavy atom. The second-order valence-corrected chi connectivity index (χ2v) is 9.59. The molecule has 2 heterocycles. The molecule has 0 aliphatic carbocycles. The first kappa shape index (κ1) is 22.2. The number of hydrogen-bond donors (Lipinski definition) is 1. The van der Waals surface area contributed by atoms with Gasteiger partial charge in [-0.05, 0) is 48.9 Å². The number of methoxy groups -OCH3 is 2. The second kappa shape index (κ2) is 8.85. The molecule has 0 fully saturated rings. The number of rotatable bonds is 8. The van der Waals surface area contributed by atoms with Crippen molar-refractivity contribution < 1.29 is 22.3 Å². The van der Waals surface area contributed by atoms with Crippen molar-refractivity contribution in [3.63, 3.8) is 0 Å². The quantitative estimate of drug-likeness (QED) is 0.419. The molecule has 11 heteroatoms.